The zero-order chi connectivity index (χ0) is 13.8. The van der Waals surface area contributed by atoms with E-state index in [4.69, 9.17) is 0 Å². The summed E-state index contributed by atoms with van der Waals surface area (Å²) in [6, 6.07) is 12.9. The maximum absolute atomic E-state index is 13.2. The van der Waals surface area contributed by atoms with Gasteiger partial charge in [-0.15, -0.1) is 0 Å². The topological polar surface area (TPSA) is 3.24 Å². The molecule has 0 N–H and O–H groups in total. The summed E-state index contributed by atoms with van der Waals surface area (Å²) >= 11 is 6.97. The number of anilines is 1. The van der Waals surface area contributed by atoms with Gasteiger partial charge in [-0.25, -0.2) is 4.39 Å². The third-order valence-corrected chi connectivity index (χ3v) is 4.00. The van der Waals surface area contributed by atoms with Crippen LogP contribution in [0.1, 0.15) is 11.1 Å². The molecule has 4 heteroatoms. The SMILES string of the molecule is CN(Cc1cccc(F)c1)c1ccc(Br)cc1CBr. The van der Waals surface area contributed by atoms with Gasteiger partial charge in [0.15, 0.2) is 0 Å². The average Bonchev–Trinajstić information content (AvgIpc) is 2.38. The van der Waals surface area contributed by atoms with Gasteiger partial charge in [-0.05, 0) is 41.5 Å². The standard InChI is InChI=1S/C15H14Br2FN/c1-19(10-11-3-2-4-14(18)7-11)15-6-5-13(17)8-12(15)9-16/h2-8H,9-10H2,1H3. The molecular weight excluding hydrogens is 373 g/mol. The predicted octanol–water partition coefficient (Wildman–Crippen LogP) is 5.12. The van der Waals surface area contributed by atoms with E-state index < -0.39 is 0 Å². The van der Waals surface area contributed by atoms with Crippen LogP contribution in [0.25, 0.3) is 0 Å². The maximum Gasteiger partial charge on any atom is 0.123 e. The van der Waals surface area contributed by atoms with Gasteiger partial charge < -0.3 is 4.90 Å². The minimum Gasteiger partial charge on any atom is -0.370 e. The quantitative estimate of drug-likeness (QED) is 0.659. The fourth-order valence-electron chi connectivity index (χ4n) is 2.03. The lowest BCUT2D eigenvalue weighted by Crippen LogP contribution is -2.17. The summed E-state index contributed by atoms with van der Waals surface area (Å²) in [6.07, 6.45) is 0. The molecular formula is C15H14Br2FN. The molecule has 100 valence electrons. The molecule has 0 bridgehead atoms. The van der Waals surface area contributed by atoms with Crippen LogP contribution in [0.2, 0.25) is 0 Å². The van der Waals surface area contributed by atoms with E-state index in [0.717, 1.165) is 21.1 Å². The molecule has 2 aromatic carbocycles. The predicted molar refractivity (Wildman–Crippen MR) is 85.3 cm³/mol. The highest BCUT2D eigenvalue weighted by Crippen LogP contribution is 2.26. The molecule has 0 saturated carbocycles. The molecule has 0 unspecified atom stereocenters. The first-order valence-corrected chi connectivity index (χ1v) is 7.81. The lowest BCUT2D eigenvalue weighted by molar-refractivity contribution is 0.625. The fourth-order valence-corrected chi connectivity index (χ4v) is 2.89. The summed E-state index contributed by atoms with van der Waals surface area (Å²) in [5, 5.41) is 0.787. The summed E-state index contributed by atoms with van der Waals surface area (Å²) < 4.78 is 14.2. The highest BCUT2D eigenvalue weighted by Gasteiger charge is 2.08. The van der Waals surface area contributed by atoms with Gasteiger partial charge in [0.1, 0.15) is 5.82 Å². The van der Waals surface area contributed by atoms with Crippen LogP contribution in [0.5, 0.6) is 0 Å². The lowest BCUT2D eigenvalue weighted by atomic mass is 10.1. The average molecular weight is 387 g/mol. The van der Waals surface area contributed by atoms with Crippen LogP contribution in [0.4, 0.5) is 10.1 Å². The van der Waals surface area contributed by atoms with Crippen LogP contribution in [-0.2, 0) is 11.9 Å². The van der Waals surface area contributed by atoms with Crippen molar-refractivity contribution in [3.8, 4) is 0 Å². The van der Waals surface area contributed by atoms with E-state index >= 15 is 0 Å². The first-order valence-electron chi connectivity index (χ1n) is 5.90. The number of rotatable bonds is 4. The second kappa shape index (κ2) is 6.53. The van der Waals surface area contributed by atoms with Crippen LogP contribution in [0.3, 0.4) is 0 Å². The summed E-state index contributed by atoms with van der Waals surface area (Å²) in [7, 11) is 2.01. The highest BCUT2D eigenvalue weighted by atomic mass is 79.9. The van der Waals surface area contributed by atoms with E-state index in [-0.39, 0.29) is 5.82 Å². The zero-order valence-corrected chi connectivity index (χ0v) is 13.7. The Kier molecular flexibility index (Phi) is 4.99. The van der Waals surface area contributed by atoms with Crippen LogP contribution >= 0.6 is 31.9 Å². The van der Waals surface area contributed by atoms with Gasteiger partial charge in [-0.3, -0.25) is 0 Å². The Labute approximate surface area is 129 Å². The minimum absolute atomic E-state index is 0.192. The molecule has 2 rings (SSSR count). The van der Waals surface area contributed by atoms with Crippen molar-refractivity contribution in [1.29, 1.82) is 0 Å². The molecule has 1 nitrogen and oxygen atoms in total. The van der Waals surface area contributed by atoms with Gasteiger partial charge >= 0.3 is 0 Å². The molecule has 0 aliphatic carbocycles. The molecule has 0 heterocycles. The Morgan fingerprint density at radius 3 is 2.63 bits per heavy atom. The largest absolute Gasteiger partial charge is 0.370 e. The summed E-state index contributed by atoms with van der Waals surface area (Å²) in [6.45, 7) is 0.680. The lowest BCUT2D eigenvalue weighted by Gasteiger charge is -2.22. The molecule has 0 saturated heterocycles. The van der Waals surface area contributed by atoms with Gasteiger partial charge in [-0.2, -0.15) is 0 Å². The fraction of sp³-hybridized carbons (Fsp3) is 0.200. The maximum atomic E-state index is 13.2. The number of alkyl halides is 1. The first-order chi connectivity index (χ1) is 9.10. The first kappa shape index (κ1) is 14.5. The van der Waals surface area contributed by atoms with E-state index in [1.165, 1.54) is 11.6 Å². The Balaban J connectivity index is 2.22. The Morgan fingerprint density at radius 1 is 1.16 bits per heavy atom. The van der Waals surface area contributed by atoms with Crippen LogP contribution in [0, 0.1) is 5.82 Å². The summed E-state index contributed by atoms with van der Waals surface area (Å²) in [5.74, 6) is -0.192. The van der Waals surface area contributed by atoms with Crippen molar-refractivity contribution in [2.45, 2.75) is 11.9 Å². The number of benzene rings is 2. The van der Waals surface area contributed by atoms with Crippen LogP contribution in [0.15, 0.2) is 46.9 Å². The van der Waals surface area contributed by atoms with Crippen molar-refractivity contribution >= 4 is 37.5 Å². The minimum atomic E-state index is -0.192. The van der Waals surface area contributed by atoms with Crippen molar-refractivity contribution in [2.24, 2.45) is 0 Å². The third kappa shape index (κ3) is 3.80. The Hall–Kier alpha value is -0.870. The van der Waals surface area contributed by atoms with Crippen molar-refractivity contribution in [2.75, 3.05) is 11.9 Å². The van der Waals surface area contributed by atoms with Gasteiger partial charge in [0, 0.05) is 29.1 Å². The van der Waals surface area contributed by atoms with Crippen LogP contribution in [-0.4, -0.2) is 7.05 Å². The molecule has 0 aliphatic rings. The Bertz CT molecular complexity index is 572. The van der Waals surface area contributed by atoms with E-state index in [0.29, 0.717) is 6.54 Å². The van der Waals surface area contributed by atoms with E-state index in [1.807, 2.05) is 19.2 Å². The third-order valence-electron chi connectivity index (χ3n) is 2.91. The molecule has 0 fully saturated rings. The van der Waals surface area contributed by atoms with Gasteiger partial charge in [0.25, 0.3) is 0 Å². The normalized spacial score (nSPS) is 10.5. The van der Waals surface area contributed by atoms with Crippen molar-refractivity contribution < 1.29 is 4.39 Å². The van der Waals surface area contributed by atoms with E-state index in [9.17, 15) is 4.39 Å². The van der Waals surface area contributed by atoms with Crippen molar-refractivity contribution in [1.82, 2.24) is 0 Å². The molecule has 0 aliphatic heterocycles. The number of hydrogen-bond donors (Lipinski definition) is 0. The monoisotopic (exact) mass is 385 g/mol. The smallest absolute Gasteiger partial charge is 0.123 e. The summed E-state index contributed by atoms with van der Waals surface area (Å²) in [4.78, 5) is 2.12. The highest BCUT2D eigenvalue weighted by molar-refractivity contribution is 9.10. The second-order valence-corrected chi connectivity index (χ2v) is 5.87. The molecule has 19 heavy (non-hydrogen) atoms. The van der Waals surface area contributed by atoms with Crippen LogP contribution < -0.4 is 4.90 Å². The van der Waals surface area contributed by atoms with E-state index in [1.54, 1.807) is 12.1 Å². The van der Waals surface area contributed by atoms with Crippen molar-refractivity contribution in [3.63, 3.8) is 0 Å². The number of halogens is 3. The van der Waals surface area contributed by atoms with Gasteiger partial charge in [-0.1, -0.05) is 44.0 Å². The molecule has 0 atom stereocenters. The second-order valence-electron chi connectivity index (χ2n) is 4.39. The number of nitrogens with zero attached hydrogens (tertiary/aromatic N) is 1. The van der Waals surface area contributed by atoms with Gasteiger partial charge in [0.2, 0.25) is 0 Å². The van der Waals surface area contributed by atoms with Gasteiger partial charge in [0.05, 0.1) is 0 Å². The molecule has 0 spiro atoms. The molecule has 0 amide bonds. The number of hydrogen-bond acceptors (Lipinski definition) is 1. The summed E-state index contributed by atoms with van der Waals surface area (Å²) in [5.41, 5.74) is 3.31. The molecule has 2 aromatic rings. The molecule has 0 radical (unpaired) electrons. The molecule has 0 aromatic heterocycles. The van der Waals surface area contributed by atoms with Crippen molar-refractivity contribution in [3.05, 3.63) is 63.9 Å². The Morgan fingerprint density at radius 2 is 1.95 bits per heavy atom. The zero-order valence-electron chi connectivity index (χ0n) is 10.5. The van der Waals surface area contributed by atoms with E-state index in [2.05, 4.69) is 48.9 Å².